The quantitative estimate of drug-likeness (QED) is 0.859. The summed E-state index contributed by atoms with van der Waals surface area (Å²) in [5.41, 5.74) is 0.756. The Morgan fingerprint density at radius 2 is 2.09 bits per heavy atom. The minimum absolute atomic E-state index is 0.0663. The van der Waals surface area contributed by atoms with Gasteiger partial charge < -0.3 is 19.5 Å². The number of carbonyl (C=O) groups is 1. The highest BCUT2D eigenvalue weighted by Gasteiger charge is 2.14. The smallest absolute Gasteiger partial charge is 0.262 e. The lowest BCUT2D eigenvalue weighted by Gasteiger charge is -2.08. The third kappa shape index (κ3) is 3.46. The van der Waals surface area contributed by atoms with Gasteiger partial charge in [0.2, 0.25) is 6.79 Å². The molecule has 1 N–H and O–H groups in total. The Morgan fingerprint density at radius 1 is 1.23 bits per heavy atom. The molecule has 1 aliphatic heterocycles. The summed E-state index contributed by atoms with van der Waals surface area (Å²) in [7, 11) is 0. The van der Waals surface area contributed by atoms with Crippen molar-refractivity contribution in [3.8, 4) is 17.2 Å². The van der Waals surface area contributed by atoms with Crippen LogP contribution in [-0.4, -0.2) is 25.6 Å². The first kappa shape index (κ1) is 14.6. The topological polar surface area (TPSA) is 56.8 Å². The van der Waals surface area contributed by atoms with Crippen LogP contribution in [0.25, 0.3) is 0 Å². The van der Waals surface area contributed by atoms with Crippen LogP contribution in [0.2, 0.25) is 0 Å². The van der Waals surface area contributed by atoms with Crippen LogP contribution in [0.3, 0.4) is 0 Å². The molecule has 0 aliphatic carbocycles. The van der Waals surface area contributed by atoms with Crippen LogP contribution in [0.15, 0.2) is 47.4 Å². The molecule has 5 nitrogen and oxygen atoms in total. The van der Waals surface area contributed by atoms with Gasteiger partial charge in [0.1, 0.15) is 5.75 Å². The second kappa shape index (κ2) is 6.62. The van der Waals surface area contributed by atoms with Crippen molar-refractivity contribution in [2.45, 2.75) is 4.90 Å². The van der Waals surface area contributed by atoms with Gasteiger partial charge >= 0.3 is 0 Å². The largest absolute Gasteiger partial charge is 0.484 e. The molecule has 0 bridgehead atoms. The highest BCUT2D eigenvalue weighted by atomic mass is 32.2. The standard InChI is InChI=1S/C16H15NO4S/c1-22-13-4-2-3-11(7-13)17-16(18)9-19-12-5-6-14-15(8-12)21-10-20-14/h2-8H,9-10H2,1H3,(H,17,18). The first-order valence-electron chi connectivity index (χ1n) is 6.71. The van der Waals surface area contributed by atoms with Crippen molar-refractivity contribution in [1.29, 1.82) is 0 Å². The second-order valence-corrected chi connectivity index (χ2v) is 5.46. The molecule has 6 heteroatoms. The molecule has 0 fully saturated rings. The number of nitrogens with one attached hydrogen (secondary N) is 1. The second-order valence-electron chi connectivity index (χ2n) is 4.58. The fourth-order valence-corrected chi connectivity index (χ4v) is 2.47. The number of rotatable bonds is 5. The van der Waals surface area contributed by atoms with Crippen LogP contribution >= 0.6 is 11.8 Å². The summed E-state index contributed by atoms with van der Waals surface area (Å²) in [6, 6.07) is 12.9. The average molecular weight is 317 g/mol. The van der Waals surface area contributed by atoms with E-state index in [4.69, 9.17) is 14.2 Å². The fraction of sp³-hybridized carbons (Fsp3) is 0.188. The van der Waals surface area contributed by atoms with Crippen LogP contribution in [0.5, 0.6) is 17.2 Å². The number of ether oxygens (including phenoxy) is 3. The fourth-order valence-electron chi connectivity index (χ4n) is 2.01. The molecule has 0 atom stereocenters. The summed E-state index contributed by atoms with van der Waals surface area (Å²) in [6.45, 7) is 0.147. The average Bonchev–Trinajstić information content (AvgIpc) is 3.00. The maximum absolute atomic E-state index is 11.9. The van der Waals surface area contributed by atoms with Gasteiger partial charge in [0.05, 0.1) is 0 Å². The van der Waals surface area contributed by atoms with Gasteiger partial charge in [-0.1, -0.05) is 6.07 Å². The number of carbonyl (C=O) groups excluding carboxylic acids is 1. The monoisotopic (exact) mass is 317 g/mol. The van der Waals surface area contributed by atoms with E-state index in [0.29, 0.717) is 17.2 Å². The molecule has 1 heterocycles. The van der Waals surface area contributed by atoms with E-state index >= 15 is 0 Å². The third-order valence-electron chi connectivity index (χ3n) is 3.07. The summed E-state index contributed by atoms with van der Waals surface area (Å²) < 4.78 is 16.0. The van der Waals surface area contributed by atoms with Crippen molar-refractivity contribution in [3.63, 3.8) is 0 Å². The maximum atomic E-state index is 11.9. The van der Waals surface area contributed by atoms with E-state index in [9.17, 15) is 4.79 Å². The van der Waals surface area contributed by atoms with Crippen molar-refractivity contribution >= 4 is 23.4 Å². The van der Waals surface area contributed by atoms with Crippen LogP contribution in [0.4, 0.5) is 5.69 Å². The predicted molar refractivity (Wildman–Crippen MR) is 84.9 cm³/mol. The Hall–Kier alpha value is -2.34. The van der Waals surface area contributed by atoms with Crippen molar-refractivity contribution in [2.24, 2.45) is 0 Å². The zero-order chi connectivity index (χ0) is 15.4. The Morgan fingerprint density at radius 3 is 2.95 bits per heavy atom. The molecule has 22 heavy (non-hydrogen) atoms. The molecular weight excluding hydrogens is 302 g/mol. The molecular formula is C16H15NO4S. The van der Waals surface area contributed by atoms with Gasteiger partial charge in [-0.15, -0.1) is 11.8 Å². The number of hydrogen-bond donors (Lipinski definition) is 1. The van der Waals surface area contributed by atoms with Gasteiger partial charge in [-0.05, 0) is 36.6 Å². The van der Waals surface area contributed by atoms with E-state index in [0.717, 1.165) is 10.6 Å². The van der Waals surface area contributed by atoms with Gasteiger partial charge in [0.25, 0.3) is 5.91 Å². The number of benzene rings is 2. The minimum atomic E-state index is -0.212. The van der Waals surface area contributed by atoms with E-state index < -0.39 is 0 Å². The normalized spacial score (nSPS) is 12.0. The molecule has 0 spiro atoms. The highest BCUT2D eigenvalue weighted by molar-refractivity contribution is 7.98. The zero-order valence-corrected chi connectivity index (χ0v) is 12.8. The Labute approximate surface area is 132 Å². The number of fused-ring (bicyclic) bond motifs is 1. The van der Waals surface area contributed by atoms with Gasteiger partial charge in [-0.3, -0.25) is 4.79 Å². The van der Waals surface area contributed by atoms with E-state index in [1.807, 2.05) is 30.5 Å². The molecule has 0 radical (unpaired) electrons. The van der Waals surface area contributed by atoms with E-state index in [-0.39, 0.29) is 19.3 Å². The lowest BCUT2D eigenvalue weighted by atomic mass is 10.3. The number of amides is 1. The van der Waals surface area contributed by atoms with Crippen molar-refractivity contribution in [2.75, 3.05) is 25.0 Å². The molecule has 0 saturated carbocycles. The molecule has 1 aliphatic rings. The third-order valence-corrected chi connectivity index (χ3v) is 3.79. The molecule has 2 aromatic rings. The summed E-state index contributed by atoms with van der Waals surface area (Å²) in [5.74, 6) is 1.67. The van der Waals surface area contributed by atoms with Crippen molar-refractivity contribution < 1.29 is 19.0 Å². The van der Waals surface area contributed by atoms with Crippen LogP contribution in [0.1, 0.15) is 0 Å². The SMILES string of the molecule is CSc1cccc(NC(=O)COc2ccc3c(c2)OCO3)c1. The Bertz CT molecular complexity index is 690. The molecule has 0 aromatic heterocycles. The van der Waals surface area contributed by atoms with Gasteiger partial charge in [-0.25, -0.2) is 0 Å². The molecule has 0 unspecified atom stereocenters. The van der Waals surface area contributed by atoms with Crippen LogP contribution in [0, 0.1) is 0 Å². The van der Waals surface area contributed by atoms with E-state index in [1.165, 1.54) is 0 Å². The predicted octanol–water partition coefficient (Wildman–Crippen LogP) is 3.15. The molecule has 1 amide bonds. The lowest BCUT2D eigenvalue weighted by molar-refractivity contribution is -0.118. The van der Waals surface area contributed by atoms with Gasteiger partial charge in [0.15, 0.2) is 18.1 Å². The van der Waals surface area contributed by atoms with Crippen molar-refractivity contribution in [1.82, 2.24) is 0 Å². The van der Waals surface area contributed by atoms with E-state index in [2.05, 4.69) is 5.32 Å². The highest BCUT2D eigenvalue weighted by Crippen LogP contribution is 2.35. The molecule has 114 valence electrons. The minimum Gasteiger partial charge on any atom is -0.484 e. The first-order valence-corrected chi connectivity index (χ1v) is 7.93. The number of hydrogen-bond acceptors (Lipinski definition) is 5. The van der Waals surface area contributed by atoms with Crippen LogP contribution in [-0.2, 0) is 4.79 Å². The molecule has 3 rings (SSSR count). The van der Waals surface area contributed by atoms with Gasteiger partial charge in [0, 0.05) is 16.6 Å². The number of anilines is 1. The lowest BCUT2D eigenvalue weighted by Crippen LogP contribution is -2.20. The van der Waals surface area contributed by atoms with Crippen LogP contribution < -0.4 is 19.5 Å². The van der Waals surface area contributed by atoms with E-state index in [1.54, 1.807) is 30.0 Å². The van der Waals surface area contributed by atoms with Gasteiger partial charge in [-0.2, -0.15) is 0 Å². The molecule has 0 saturated heterocycles. The number of thioether (sulfide) groups is 1. The molecule has 2 aromatic carbocycles. The first-order chi connectivity index (χ1) is 10.7. The maximum Gasteiger partial charge on any atom is 0.262 e. The van der Waals surface area contributed by atoms with Crippen molar-refractivity contribution in [3.05, 3.63) is 42.5 Å². The summed E-state index contributed by atoms with van der Waals surface area (Å²) >= 11 is 1.62. The summed E-state index contributed by atoms with van der Waals surface area (Å²) in [4.78, 5) is 13.0. The Balaban J connectivity index is 1.56. The Kier molecular flexibility index (Phi) is 4.39. The summed E-state index contributed by atoms with van der Waals surface area (Å²) in [6.07, 6.45) is 1.99. The summed E-state index contributed by atoms with van der Waals surface area (Å²) in [5, 5.41) is 2.81. The zero-order valence-electron chi connectivity index (χ0n) is 12.0.